The molecule has 3 aromatic rings. The first-order valence-corrected chi connectivity index (χ1v) is 13.1. The molecule has 1 heterocycles. The molecular formula is C31H35N3O4. The fraction of sp³-hybridized carbons (Fsp3) is 0.323. The number of nitrogens with one attached hydrogen (secondary N) is 1. The first-order valence-electron chi connectivity index (χ1n) is 13.1. The van der Waals surface area contributed by atoms with Gasteiger partial charge in [0.15, 0.2) is 0 Å². The number of benzene rings is 3. The second kappa shape index (κ2) is 12.5. The molecule has 1 N–H and O–H groups in total. The molecule has 198 valence electrons. The van der Waals surface area contributed by atoms with Crippen LogP contribution in [0.5, 0.6) is 0 Å². The van der Waals surface area contributed by atoms with Gasteiger partial charge >= 0.3 is 5.97 Å². The number of para-hydroxylation sites is 1. The van der Waals surface area contributed by atoms with Gasteiger partial charge in [-0.2, -0.15) is 0 Å². The van der Waals surface area contributed by atoms with Crippen molar-refractivity contribution in [2.24, 2.45) is 0 Å². The predicted molar refractivity (Wildman–Crippen MR) is 150 cm³/mol. The summed E-state index contributed by atoms with van der Waals surface area (Å²) in [6, 6.07) is 22.8. The van der Waals surface area contributed by atoms with Crippen molar-refractivity contribution in [1.82, 2.24) is 4.90 Å². The van der Waals surface area contributed by atoms with E-state index >= 15 is 0 Å². The summed E-state index contributed by atoms with van der Waals surface area (Å²) in [4.78, 5) is 41.5. The van der Waals surface area contributed by atoms with E-state index in [9.17, 15) is 14.4 Å². The Morgan fingerprint density at radius 1 is 1.00 bits per heavy atom. The summed E-state index contributed by atoms with van der Waals surface area (Å²) in [6.45, 7) is 5.14. The molecule has 0 radical (unpaired) electrons. The van der Waals surface area contributed by atoms with Crippen molar-refractivity contribution in [3.63, 3.8) is 0 Å². The van der Waals surface area contributed by atoms with Gasteiger partial charge in [-0.1, -0.05) is 36.4 Å². The molecule has 0 aromatic heterocycles. The number of fused-ring (bicyclic) bond motifs is 1. The van der Waals surface area contributed by atoms with Gasteiger partial charge in [-0.3, -0.25) is 19.3 Å². The highest BCUT2D eigenvalue weighted by Gasteiger charge is 2.29. The van der Waals surface area contributed by atoms with Gasteiger partial charge in [0.05, 0.1) is 6.61 Å². The standard InChI is InChI=1S/C31H35N3O4/c1-22-10-4-5-11-26(22)30(36)32-25-17-15-24(16-18-25)31(37)34-20-8-14-28(27-12-6-7-13-29(27)34)33(3)19-9-21-38-23(2)35/h4-7,10-13,15-18,28H,8-9,14,19-21H2,1-3H3,(H,32,36). The Bertz CT molecular complexity index is 1290. The molecule has 7 heteroatoms. The maximum absolute atomic E-state index is 13.6. The molecule has 0 fully saturated rings. The van der Waals surface area contributed by atoms with Crippen molar-refractivity contribution in [2.45, 2.75) is 39.2 Å². The van der Waals surface area contributed by atoms with Crippen LogP contribution >= 0.6 is 0 Å². The summed E-state index contributed by atoms with van der Waals surface area (Å²) in [5.41, 5.74) is 4.78. The molecule has 1 unspecified atom stereocenters. The Morgan fingerprint density at radius 2 is 1.71 bits per heavy atom. The van der Waals surface area contributed by atoms with Crippen LogP contribution < -0.4 is 10.2 Å². The minimum atomic E-state index is -0.261. The van der Waals surface area contributed by atoms with Crippen LogP contribution in [-0.4, -0.2) is 49.4 Å². The molecule has 7 nitrogen and oxygen atoms in total. The smallest absolute Gasteiger partial charge is 0.302 e. The number of esters is 1. The van der Waals surface area contributed by atoms with Gasteiger partial charge in [-0.15, -0.1) is 0 Å². The largest absolute Gasteiger partial charge is 0.466 e. The Morgan fingerprint density at radius 3 is 2.45 bits per heavy atom. The van der Waals surface area contributed by atoms with Gasteiger partial charge in [0.1, 0.15) is 0 Å². The van der Waals surface area contributed by atoms with Gasteiger partial charge in [-0.05, 0) is 80.8 Å². The number of hydrogen-bond donors (Lipinski definition) is 1. The van der Waals surface area contributed by atoms with Crippen molar-refractivity contribution in [1.29, 1.82) is 0 Å². The van der Waals surface area contributed by atoms with Crippen LogP contribution in [0.3, 0.4) is 0 Å². The Balaban J connectivity index is 1.47. The van der Waals surface area contributed by atoms with E-state index in [2.05, 4.69) is 23.3 Å². The average Bonchev–Trinajstić information content (AvgIpc) is 3.11. The van der Waals surface area contributed by atoms with Crippen LogP contribution in [0, 0.1) is 6.92 Å². The van der Waals surface area contributed by atoms with Crippen molar-refractivity contribution in [2.75, 3.05) is 37.0 Å². The monoisotopic (exact) mass is 513 g/mol. The molecule has 0 aliphatic carbocycles. The number of amides is 2. The maximum Gasteiger partial charge on any atom is 0.302 e. The van der Waals surface area contributed by atoms with Crippen LogP contribution in [0.15, 0.2) is 72.8 Å². The number of hydrogen-bond acceptors (Lipinski definition) is 5. The molecule has 4 rings (SSSR count). The molecule has 38 heavy (non-hydrogen) atoms. The number of anilines is 2. The molecule has 0 saturated heterocycles. The van der Waals surface area contributed by atoms with Crippen molar-refractivity contribution < 1.29 is 19.1 Å². The predicted octanol–water partition coefficient (Wildman–Crippen LogP) is 5.61. The fourth-order valence-corrected chi connectivity index (χ4v) is 4.97. The summed E-state index contributed by atoms with van der Waals surface area (Å²) < 4.78 is 5.09. The van der Waals surface area contributed by atoms with E-state index < -0.39 is 0 Å². The fourth-order valence-electron chi connectivity index (χ4n) is 4.97. The zero-order valence-electron chi connectivity index (χ0n) is 22.3. The number of rotatable bonds is 8. The summed E-state index contributed by atoms with van der Waals surface area (Å²) in [5, 5.41) is 2.92. The Hall–Kier alpha value is -3.97. The van der Waals surface area contributed by atoms with E-state index in [0.29, 0.717) is 30.0 Å². The minimum absolute atomic E-state index is 0.0626. The van der Waals surface area contributed by atoms with Gasteiger partial charge in [0, 0.05) is 48.6 Å². The second-order valence-electron chi connectivity index (χ2n) is 9.69. The summed E-state index contributed by atoms with van der Waals surface area (Å²) >= 11 is 0. The lowest BCUT2D eigenvalue weighted by Gasteiger charge is -2.29. The quantitative estimate of drug-likeness (QED) is 0.313. The number of aryl methyl sites for hydroxylation is 1. The number of carbonyl (C=O) groups excluding carboxylic acids is 3. The highest BCUT2D eigenvalue weighted by Crippen LogP contribution is 2.36. The molecule has 0 spiro atoms. The lowest BCUT2D eigenvalue weighted by Crippen LogP contribution is -2.32. The first kappa shape index (κ1) is 27.1. The number of carbonyl (C=O) groups is 3. The SMILES string of the molecule is CC(=O)OCCCN(C)C1CCCN(C(=O)c2ccc(NC(=O)c3ccccc3C)cc2)c2ccccc21. The Labute approximate surface area is 224 Å². The molecule has 3 aromatic carbocycles. The van der Waals surface area contributed by atoms with Crippen LogP contribution in [0.25, 0.3) is 0 Å². The van der Waals surface area contributed by atoms with E-state index in [1.54, 1.807) is 30.3 Å². The lowest BCUT2D eigenvalue weighted by molar-refractivity contribution is -0.141. The molecular weight excluding hydrogens is 478 g/mol. The maximum atomic E-state index is 13.6. The Kier molecular flexibility index (Phi) is 8.92. The summed E-state index contributed by atoms with van der Waals surface area (Å²) in [5.74, 6) is -0.498. The number of nitrogens with zero attached hydrogens (tertiary/aromatic N) is 2. The molecule has 0 bridgehead atoms. The topological polar surface area (TPSA) is 79.0 Å². The number of ether oxygens (including phenoxy) is 1. The molecule has 1 aliphatic rings. The van der Waals surface area contributed by atoms with E-state index in [1.165, 1.54) is 6.92 Å². The van der Waals surface area contributed by atoms with Crippen LogP contribution in [-0.2, 0) is 9.53 Å². The third-order valence-electron chi connectivity index (χ3n) is 6.96. The van der Waals surface area contributed by atoms with E-state index in [1.807, 2.05) is 48.2 Å². The normalized spacial score (nSPS) is 14.9. The molecule has 1 aliphatic heterocycles. The van der Waals surface area contributed by atoms with Crippen molar-refractivity contribution >= 4 is 29.2 Å². The summed E-state index contributed by atoms with van der Waals surface area (Å²) in [7, 11) is 2.08. The van der Waals surface area contributed by atoms with Crippen molar-refractivity contribution in [3.8, 4) is 0 Å². The minimum Gasteiger partial charge on any atom is -0.466 e. The molecule has 1 atom stereocenters. The van der Waals surface area contributed by atoms with Crippen LogP contribution in [0.2, 0.25) is 0 Å². The van der Waals surface area contributed by atoms with Gasteiger partial charge < -0.3 is 15.0 Å². The van der Waals surface area contributed by atoms with Crippen molar-refractivity contribution in [3.05, 3.63) is 95.1 Å². The van der Waals surface area contributed by atoms with Gasteiger partial charge in [-0.25, -0.2) is 0 Å². The highest BCUT2D eigenvalue weighted by molar-refractivity contribution is 6.08. The van der Waals surface area contributed by atoms with E-state index in [0.717, 1.165) is 42.6 Å². The van der Waals surface area contributed by atoms with Crippen LogP contribution in [0.4, 0.5) is 11.4 Å². The zero-order chi connectivity index (χ0) is 27.1. The average molecular weight is 514 g/mol. The van der Waals surface area contributed by atoms with Crippen LogP contribution in [0.1, 0.15) is 64.1 Å². The zero-order valence-corrected chi connectivity index (χ0v) is 22.3. The van der Waals surface area contributed by atoms with E-state index in [4.69, 9.17) is 4.74 Å². The first-order chi connectivity index (χ1) is 18.3. The lowest BCUT2D eigenvalue weighted by atomic mass is 10.00. The van der Waals surface area contributed by atoms with E-state index in [-0.39, 0.29) is 23.8 Å². The third kappa shape index (κ3) is 6.47. The molecule has 2 amide bonds. The highest BCUT2D eigenvalue weighted by atomic mass is 16.5. The molecule has 0 saturated carbocycles. The third-order valence-corrected chi connectivity index (χ3v) is 6.96. The van der Waals surface area contributed by atoms with Gasteiger partial charge in [0.25, 0.3) is 11.8 Å². The van der Waals surface area contributed by atoms with Gasteiger partial charge in [0.2, 0.25) is 0 Å². The second-order valence-corrected chi connectivity index (χ2v) is 9.69. The summed E-state index contributed by atoms with van der Waals surface area (Å²) in [6.07, 6.45) is 2.54.